The van der Waals surface area contributed by atoms with Crippen LogP contribution in [0, 0.1) is 0 Å². The zero-order chi connectivity index (χ0) is 10.6. The van der Waals surface area contributed by atoms with Crippen molar-refractivity contribution in [2.45, 2.75) is 18.3 Å². The number of carbonyl (C=O) groups is 2. The molecule has 0 saturated carbocycles. The van der Waals surface area contributed by atoms with E-state index in [1.807, 2.05) is 0 Å². The second-order valence-corrected chi connectivity index (χ2v) is 2.35. The van der Waals surface area contributed by atoms with Gasteiger partial charge in [0.25, 0.3) is 5.78 Å². The largest absolute Gasteiger partial charge is 0.475 e. The SMILES string of the molecule is O=C(O)C(=O)[C@H](O)[C@H](O)[C@H](O)CO. The van der Waals surface area contributed by atoms with Crippen molar-refractivity contribution in [3.63, 3.8) is 0 Å². The fourth-order valence-electron chi connectivity index (χ4n) is 0.600. The summed E-state index contributed by atoms with van der Waals surface area (Å²) in [6.45, 7) is -0.884. The average Bonchev–Trinajstić information content (AvgIpc) is 2.12. The van der Waals surface area contributed by atoms with E-state index in [-0.39, 0.29) is 0 Å². The highest BCUT2D eigenvalue weighted by atomic mass is 16.4. The normalized spacial score (nSPS) is 17.5. The summed E-state index contributed by atoms with van der Waals surface area (Å²) in [5.74, 6) is -3.56. The van der Waals surface area contributed by atoms with Gasteiger partial charge in [0.15, 0.2) is 6.10 Å². The van der Waals surface area contributed by atoms with Crippen LogP contribution in [0.4, 0.5) is 0 Å². The summed E-state index contributed by atoms with van der Waals surface area (Å²) in [7, 11) is 0. The Morgan fingerprint density at radius 2 is 1.62 bits per heavy atom. The summed E-state index contributed by atoms with van der Waals surface area (Å²) in [5.41, 5.74) is 0. The first-order valence-electron chi connectivity index (χ1n) is 3.34. The van der Waals surface area contributed by atoms with Gasteiger partial charge in [0.05, 0.1) is 6.61 Å². The van der Waals surface area contributed by atoms with Gasteiger partial charge in [-0.3, -0.25) is 4.79 Å². The number of aliphatic hydroxyl groups is 4. The van der Waals surface area contributed by atoms with Crippen LogP contribution in [0.2, 0.25) is 0 Å². The Morgan fingerprint density at radius 1 is 1.15 bits per heavy atom. The Bertz CT molecular complexity index is 201. The molecule has 0 rings (SSSR count). The minimum absolute atomic E-state index is 0.884. The van der Waals surface area contributed by atoms with Gasteiger partial charge < -0.3 is 25.5 Å². The maximum absolute atomic E-state index is 10.5. The molecule has 3 atom stereocenters. The molecule has 76 valence electrons. The lowest BCUT2D eigenvalue weighted by molar-refractivity contribution is -0.159. The van der Waals surface area contributed by atoms with Gasteiger partial charge in [0, 0.05) is 0 Å². The molecule has 0 spiro atoms. The van der Waals surface area contributed by atoms with Crippen molar-refractivity contribution >= 4 is 11.8 Å². The highest BCUT2D eigenvalue weighted by molar-refractivity contribution is 6.34. The van der Waals surface area contributed by atoms with Crippen molar-refractivity contribution in [3.05, 3.63) is 0 Å². The third-order valence-corrected chi connectivity index (χ3v) is 1.38. The molecule has 0 aliphatic carbocycles. The van der Waals surface area contributed by atoms with Gasteiger partial charge in [0.2, 0.25) is 0 Å². The molecule has 0 aromatic carbocycles. The molecule has 0 aliphatic rings. The molecule has 5 N–H and O–H groups in total. The third-order valence-electron chi connectivity index (χ3n) is 1.38. The number of ketones is 1. The van der Waals surface area contributed by atoms with E-state index in [9.17, 15) is 9.59 Å². The lowest BCUT2D eigenvalue weighted by Gasteiger charge is -2.18. The zero-order valence-corrected chi connectivity index (χ0v) is 6.49. The molecule has 7 heteroatoms. The first-order chi connectivity index (χ1) is 5.91. The van der Waals surface area contributed by atoms with Crippen LogP contribution in [0.5, 0.6) is 0 Å². The molecule has 0 aliphatic heterocycles. The Kier molecular flexibility index (Phi) is 4.49. The predicted octanol–water partition coefficient (Wildman–Crippen LogP) is -3.28. The van der Waals surface area contributed by atoms with Crippen LogP contribution < -0.4 is 0 Å². The molecule has 0 aromatic rings. The van der Waals surface area contributed by atoms with Gasteiger partial charge >= 0.3 is 5.97 Å². The molecule has 13 heavy (non-hydrogen) atoms. The van der Waals surface area contributed by atoms with Crippen LogP contribution in [0.3, 0.4) is 0 Å². The number of aliphatic carboxylic acids is 1. The minimum Gasteiger partial charge on any atom is -0.475 e. The van der Waals surface area contributed by atoms with Crippen molar-refractivity contribution < 1.29 is 35.1 Å². The fourth-order valence-corrected chi connectivity index (χ4v) is 0.600. The second-order valence-electron chi connectivity index (χ2n) is 2.35. The van der Waals surface area contributed by atoms with E-state index in [2.05, 4.69) is 0 Å². The molecule has 0 bridgehead atoms. The van der Waals surface area contributed by atoms with Crippen LogP contribution in [0.15, 0.2) is 0 Å². The van der Waals surface area contributed by atoms with Crippen LogP contribution >= 0.6 is 0 Å². The number of rotatable bonds is 5. The molecule has 0 amide bonds. The van der Waals surface area contributed by atoms with Crippen LogP contribution in [0.1, 0.15) is 0 Å². The van der Waals surface area contributed by atoms with E-state index >= 15 is 0 Å². The topological polar surface area (TPSA) is 135 Å². The first-order valence-corrected chi connectivity index (χ1v) is 3.34. The highest BCUT2D eigenvalue weighted by Gasteiger charge is 2.33. The number of hydrogen-bond donors (Lipinski definition) is 5. The number of hydrogen-bond acceptors (Lipinski definition) is 6. The molecule has 0 heterocycles. The van der Waals surface area contributed by atoms with Crippen LogP contribution in [-0.4, -0.2) is 62.2 Å². The Labute approximate surface area is 72.9 Å². The van der Waals surface area contributed by atoms with E-state index in [4.69, 9.17) is 25.5 Å². The summed E-state index contributed by atoms with van der Waals surface area (Å²) >= 11 is 0. The third kappa shape index (κ3) is 3.07. The lowest BCUT2D eigenvalue weighted by atomic mass is 10.1. The maximum Gasteiger partial charge on any atom is 0.375 e. The molecule has 0 aromatic heterocycles. The smallest absolute Gasteiger partial charge is 0.375 e. The van der Waals surface area contributed by atoms with Gasteiger partial charge in [-0.1, -0.05) is 0 Å². The van der Waals surface area contributed by atoms with E-state index < -0.39 is 36.7 Å². The number of carboxylic acids is 1. The number of Topliss-reactive ketones (excluding diaryl/α,β-unsaturated/α-hetero) is 1. The molecular weight excluding hydrogens is 184 g/mol. The molecule has 7 nitrogen and oxygen atoms in total. The van der Waals surface area contributed by atoms with Crippen molar-refractivity contribution in [3.8, 4) is 0 Å². The minimum atomic E-state index is -2.24. The van der Waals surface area contributed by atoms with Crippen LogP contribution in [-0.2, 0) is 9.59 Å². The zero-order valence-electron chi connectivity index (χ0n) is 6.49. The molecule has 0 unspecified atom stereocenters. The van der Waals surface area contributed by atoms with E-state index in [0.29, 0.717) is 0 Å². The van der Waals surface area contributed by atoms with Crippen molar-refractivity contribution in [1.82, 2.24) is 0 Å². The second kappa shape index (κ2) is 4.87. The first kappa shape index (κ1) is 12.0. The van der Waals surface area contributed by atoms with Gasteiger partial charge in [-0.15, -0.1) is 0 Å². The van der Waals surface area contributed by atoms with E-state index in [1.165, 1.54) is 0 Å². The molecular formula is C6H10O7. The molecule has 0 radical (unpaired) electrons. The summed E-state index contributed by atoms with van der Waals surface area (Å²) in [4.78, 5) is 20.5. The molecule has 0 saturated heterocycles. The van der Waals surface area contributed by atoms with Crippen LogP contribution in [0.25, 0.3) is 0 Å². The Balaban J connectivity index is 4.33. The van der Waals surface area contributed by atoms with Gasteiger partial charge in [0.1, 0.15) is 12.2 Å². The number of carboxylic acid groups (broad SMARTS) is 1. The summed E-state index contributed by atoms with van der Waals surface area (Å²) in [5, 5.41) is 42.8. The van der Waals surface area contributed by atoms with Crippen molar-refractivity contribution in [2.75, 3.05) is 6.61 Å². The van der Waals surface area contributed by atoms with E-state index in [0.717, 1.165) is 0 Å². The average molecular weight is 194 g/mol. The monoisotopic (exact) mass is 194 g/mol. The summed E-state index contributed by atoms with van der Waals surface area (Å²) in [6.07, 6.45) is -5.99. The van der Waals surface area contributed by atoms with Crippen molar-refractivity contribution in [2.24, 2.45) is 0 Å². The predicted molar refractivity (Wildman–Crippen MR) is 37.7 cm³/mol. The maximum atomic E-state index is 10.5. The van der Waals surface area contributed by atoms with E-state index in [1.54, 1.807) is 0 Å². The fraction of sp³-hybridized carbons (Fsp3) is 0.667. The summed E-state index contributed by atoms with van der Waals surface area (Å²) in [6, 6.07) is 0. The van der Waals surface area contributed by atoms with Crippen molar-refractivity contribution in [1.29, 1.82) is 0 Å². The number of carbonyl (C=O) groups excluding carboxylic acids is 1. The molecule has 0 fully saturated rings. The van der Waals surface area contributed by atoms with Gasteiger partial charge in [-0.25, -0.2) is 4.79 Å². The standard InChI is InChI=1S/C6H10O7/c7-1-2(8)3(9)4(10)5(11)6(12)13/h2-4,7-10H,1H2,(H,12,13)/t2-,3-,4-/m1/s1. The Hall–Kier alpha value is -1.02. The lowest BCUT2D eigenvalue weighted by Crippen LogP contribution is -2.46. The van der Waals surface area contributed by atoms with Gasteiger partial charge in [-0.05, 0) is 0 Å². The highest BCUT2D eigenvalue weighted by Crippen LogP contribution is 2.01. The Morgan fingerprint density at radius 3 is 1.92 bits per heavy atom. The number of aliphatic hydroxyl groups excluding tert-OH is 4. The summed E-state index contributed by atoms with van der Waals surface area (Å²) < 4.78 is 0. The quantitative estimate of drug-likeness (QED) is 0.289. The van der Waals surface area contributed by atoms with Gasteiger partial charge in [-0.2, -0.15) is 0 Å².